The summed E-state index contributed by atoms with van der Waals surface area (Å²) < 4.78 is 48.1. The zero-order valence-corrected chi connectivity index (χ0v) is 19.5. The third-order valence-electron chi connectivity index (χ3n) is 5.38. The van der Waals surface area contributed by atoms with E-state index in [4.69, 9.17) is 4.74 Å². The van der Waals surface area contributed by atoms with Gasteiger partial charge in [-0.05, 0) is 41.8 Å². The molecule has 0 saturated carbocycles. The smallest absolute Gasteiger partial charge is 0.457 e. The highest BCUT2D eigenvalue weighted by Crippen LogP contribution is 2.25. The van der Waals surface area contributed by atoms with Crippen LogP contribution in [0.15, 0.2) is 85.2 Å². The Morgan fingerprint density at radius 2 is 1.67 bits per heavy atom. The van der Waals surface area contributed by atoms with Crippen molar-refractivity contribution in [3.05, 3.63) is 96.3 Å². The molecule has 0 aliphatic rings. The monoisotopic (exact) mass is 495 g/mol. The summed E-state index contributed by atoms with van der Waals surface area (Å²) in [5.41, 5.74) is 3.04. The van der Waals surface area contributed by atoms with E-state index < -0.39 is 6.36 Å². The summed E-state index contributed by atoms with van der Waals surface area (Å²) in [6.45, 7) is 2.05. The molecule has 0 saturated heterocycles. The number of carbonyl (C=O) groups is 1. The Morgan fingerprint density at radius 1 is 0.972 bits per heavy atom. The Balaban J connectivity index is 1.38. The largest absolute Gasteiger partial charge is 0.573 e. The van der Waals surface area contributed by atoms with Gasteiger partial charge in [-0.15, -0.1) is 18.3 Å². The van der Waals surface area contributed by atoms with Crippen molar-refractivity contribution in [2.75, 3.05) is 0 Å². The lowest BCUT2D eigenvalue weighted by Gasteiger charge is -2.17. The maximum atomic E-state index is 12.6. The lowest BCUT2D eigenvalue weighted by Crippen LogP contribution is -2.17. The number of benzene rings is 3. The molecule has 0 radical (unpaired) electrons. The third-order valence-corrected chi connectivity index (χ3v) is 5.38. The van der Waals surface area contributed by atoms with Gasteiger partial charge >= 0.3 is 12.3 Å². The van der Waals surface area contributed by atoms with Gasteiger partial charge in [0.15, 0.2) is 5.82 Å². The number of hydrogen-bond donors (Lipinski definition) is 0. The van der Waals surface area contributed by atoms with Crippen LogP contribution in [-0.2, 0) is 16.0 Å². The number of aromatic nitrogens is 3. The highest BCUT2D eigenvalue weighted by Gasteiger charge is 2.31. The van der Waals surface area contributed by atoms with Gasteiger partial charge in [0, 0.05) is 5.56 Å². The van der Waals surface area contributed by atoms with E-state index in [9.17, 15) is 18.0 Å². The molecule has 1 unspecified atom stereocenters. The van der Waals surface area contributed by atoms with Gasteiger partial charge in [0.1, 0.15) is 18.2 Å². The quantitative estimate of drug-likeness (QED) is 0.249. The molecule has 4 aromatic rings. The van der Waals surface area contributed by atoms with Gasteiger partial charge in [0.2, 0.25) is 0 Å². The van der Waals surface area contributed by atoms with Crippen LogP contribution in [0.4, 0.5) is 13.2 Å². The van der Waals surface area contributed by atoms with Gasteiger partial charge in [-0.2, -0.15) is 0 Å². The van der Waals surface area contributed by atoms with Crippen LogP contribution in [0.5, 0.6) is 5.75 Å². The van der Waals surface area contributed by atoms with Crippen molar-refractivity contribution in [2.45, 2.75) is 38.7 Å². The van der Waals surface area contributed by atoms with E-state index in [0.29, 0.717) is 11.5 Å². The van der Waals surface area contributed by atoms with Crippen molar-refractivity contribution in [2.24, 2.45) is 0 Å². The molecule has 0 bridgehead atoms. The summed E-state index contributed by atoms with van der Waals surface area (Å²) in [5, 5.41) is 4.39. The van der Waals surface area contributed by atoms with E-state index in [-0.39, 0.29) is 24.2 Å². The molecular formula is C27H24F3N3O3. The number of hydrogen-bond acceptors (Lipinski definition) is 5. The highest BCUT2D eigenvalue weighted by atomic mass is 19.4. The second-order valence-corrected chi connectivity index (χ2v) is 8.11. The summed E-state index contributed by atoms with van der Waals surface area (Å²) in [5.74, 6) is -0.178. The van der Waals surface area contributed by atoms with Crippen LogP contribution in [-0.4, -0.2) is 27.1 Å². The first-order chi connectivity index (χ1) is 17.3. The second-order valence-electron chi connectivity index (χ2n) is 8.11. The molecule has 1 aromatic heterocycles. The average Bonchev–Trinajstić information content (AvgIpc) is 3.35. The van der Waals surface area contributed by atoms with Crippen LogP contribution in [0, 0.1) is 0 Å². The number of ether oxygens (including phenoxy) is 2. The number of halogens is 3. The van der Waals surface area contributed by atoms with Crippen molar-refractivity contribution in [1.29, 1.82) is 0 Å². The highest BCUT2D eigenvalue weighted by molar-refractivity contribution is 5.73. The lowest BCUT2D eigenvalue weighted by molar-refractivity contribution is -0.274. The van der Waals surface area contributed by atoms with Crippen LogP contribution < -0.4 is 4.74 Å². The minimum Gasteiger partial charge on any atom is -0.457 e. The molecule has 9 heteroatoms. The first-order valence-corrected chi connectivity index (χ1v) is 11.4. The predicted molar refractivity (Wildman–Crippen MR) is 127 cm³/mol. The topological polar surface area (TPSA) is 66.2 Å². The van der Waals surface area contributed by atoms with Crippen LogP contribution in [0.25, 0.3) is 17.1 Å². The van der Waals surface area contributed by atoms with Crippen LogP contribution in [0.2, 0.25) is 0 Å². The van der Waals surface area contributed by atoms with Crippen molar-refractivity contribution in [1.82, 2.24) is 14.8 Å². The molecule has 36 heavy (non-hydrogen) atoms. The van der Waals surface area contributed by atoms with E-state index in [0.717, 1.165) is 29.5 Å². The number of nitrogens with zero attached hydrogens (tertiary/aromatic N) is 3. The van der Waals surface area contributed by atoms with Gasteiger partial charge in [-0.25, -0.2) is 9.67 Å². The van der Waals surface area contributed by atoms with E-state index in [2.05, 4.69) is 21.7 Å². The standard InChI is InChI=1S/C27H24F3N3O3/c1-2-6-24(20-7-4-3-5-8-20)35-25(34)17-19-9-11-21(12-10-19)26-31-18-33(32-26)22-13-15-23(16-14-22)36-27(28,29)30/h3-5,7-16,18,24H,2,6,17H2,1H3. The molecular weight excluding hydrogens is 471 g/mol. The van der Waals surface area contributed by atoms with E-state index in [1.807, 2.05) is 54.6 Å². The number of alkyl halides is 3. The first-order valence-electron chi connectivity index (χ1n) is 11.4. The minimum absolute atomic E-state index is 0.140. The molecule has 0 fully saturated rings. The molecule has 1 atom stereocenters. The zero-order valence-electron chi connectivity index (χ0n) is 19.5. The normalized spacial score (nSPS) is 12.2. The molecule has 6 nitrogen and oxygen atoms in total. The van der Waals surface area contributed by atoms with Gasteiger partial charge in [-0.1, -0.05) is 67.9 Å². The number of rotatable bonds is 9. The lowest BCUT2D eigenvalue weighted by atomic mass is 10.0. The molecule has 3 aromatic carbocycles. The molecule has 186 valence electrons. The number of carbonyl (C=O) groups excluding carboxylic acids is 1. The molecule has 0 N–H and O–H groups in total. The fourth-order valence-corrected chi connectivity index (χ4v) is 3.68. The second kappa shape index (κ2) is 11.1. The number of esters is 1. The third kappa shape index (κ3) is 6.71. The Morgan fingerprint density at radius 3 is 2.31 bits per heavy atom. The maximum absolute atomic E-state index is 12.6. The van der Waals surface area contributed by atoms with Crippen LogP contribution >= 0.6 is 0 Å². The van der Waals surface area contributed by atoms with Gasteiger partial charge in [-0.3, -0.25) is 4.79 Å². The Labute approximate surface area is 206 Å². The first kappa shape index (κ1) is 25.0. The maximum Gasteiger partial charge on any atom is 0.573 e. The summed E-state index contributed by atoms with van der Waals surface area (Å²) in [6.07, 6.45) is -1.76. The van der Waals surface area contributed by atoms with Gasteiger partial charge < -0.3 is 9.47 Å². The summed E-state index contributed by atoms with van der Waals surface area (Å²) in [7, 11) is 0. The summed E-state index contributed by atoms with van der Waals surface area (Å²) in [4.78, 5) is 16.8. The van der Waals surface area contributed by atoms with E-state index >= 15 is 0 Å². The molecule has 0 amide bonds. The minimum atomic E-state index is -4.75. The molecule has 1 heterocycles. The van der Waals surface area contributed by atoms with Crippen molar-refractivity contribution in [3.63, 3.8) is 0 Å². The Hall–Kier alpha value is -4.14. The van der Waals surface area contributed by atoms with Gasteiger partial charge in [0.05, 0.1) is 12.1 Å². The predicted octanol–water partition coefficient (Wildman–Crippen LogP) is 6.46. The Bertz CT molecular complexity index is 1270. The zero-order chi connectivity index (χ0) is 25.5. The average molecular weight is 496 g/mol. The van der Waals surface area contributed by atoms with E-state index in [1.165, 1.54) is 35.3 Å². The molecule has 0 spiro atoms. The Kier molecular flexibility index (Phi) is 7.68. The van der Waals surface area contributed by atoms with E-state index in [1.54, 1.807) is 0 Å². The van der Waals surface area contributed by atoms with Crippen LogP contribution in [0.1, 0.15) is 37.0 Å². The SMILES string of the molecule is CCCC(OC(=O)Cc1ccc(-c2ncn(-c3ccc(OC(F)(F)F)cc3)n2)cc1)c1ccccc1. The van der Waals surface area contributed by atoms with Crippen molar-refractivity contribution >= 4 is 5.97 Å². The van der Waals surface area contributed by atoms with Crippen molar-refractivity contribution < 1.29 is 27.4 Å². The molecule has 4 rings (SSSR count). The fraction of sp³-hybridized carbons (Fsp3) is 0.222. The van der Waals surface area contributed by atoms with Crippen molar-refractivity contribution in [3.8, 4) is 22.8 Å². The molecule has 0 aliphatic heterocycles. The summed E-state index contributed by atoms with van der Waals surface area (Å²) >= 11 is 0. The molecule has 0 aliphatic carbocycles. The van der Waals surface area contributed by atoms with Gasteiger partial charge in [0.25, 0.3) is 0 Å². The fourth-order valence-electron chi connectivity index (χ4n) is 3.68. The van der Waals surface area contributed by atoms with Crippen LogP contribution in [0.3, 0.4) is 0 Å². The summed E-state index contributed by atoms with van der Waals surface area (Å²) in [6, 6.07) is 22.3.